The molecule has 19 heavy (non-hydrogen) atoms. The molecule has 0 bridgehead atoms. The molecule has 0 atom stereocenters. The highest BCUT2D eigenvalue weighted by molar-refractivity contribution is 4.90. The van der Waals surface area contributed by atoms with Crippen molar-refractivity contribution in [1.29, 1.82) is 0 Å². The van der Waals surface area contributed by atoms with E-state index in [0.717, 1.165) is 11.8 Å². The summed E-state index contributed by atoms with van der Waals surface area (Å²) in [5.41, 5.74) is 1.11. The highest BCUT2D eigenvalue weighted by Crippen LogP contribution is 2.50. The van der Waals surface area contributed by atoms with Crippen molar-refractivity contribution in [3.05, 3.63) is 0 Å². The molecule has 0 unspecified atom stereocenters. The molecule has 0 N–H and O–H groups in total. The van der Waals surface area contributed by atoms with Crippen LogP contribution in [-0.2, 0) is 0 Å². The predicted octanol–water partition coefficient (Wildman–Crippen LogP) is 6.59. The summed E-state index contributed by atoms with van der Waals surface area (Å²) in [6.45, 7) is 10.3. The van der Waals surface area contributed by atoms with Crippen LogP contribution in [0.4, 0.5) is 0 Å². The van der Waals surface area contributed by atoms with Crippen LogP contribution in [0.3, 0.4) is 0 Å². The Bertz CT molecular complexity index is 234. The van der Waals surface area contributed by atoms with Gasteiger partial charge in [0.1, 0.15) is 0 Å². The summed E-state index contributed by atoms with van der Waals surface area (Å²) in [6, 6.07) is 0. The monoisotopic (exact) mass is 264 g/mol. The van der Waals surface area contributed by atoms with Gasteiger partial charge in [0.25, 0.3) is 0 Å². The van der Waals surface area contributed by atoms with Gasteiger partial charge in [-0.2, -0.15) is 0 Å². The maximum atomic E-state index is 2.56. The van der Waals surface area contributed by atoms with E-state index in [4.69, 9.17) is 0 Å². The summed E-state index contributed by atoms with van der Waals surface area (Å²) in [5, 5.41) is 0. The van der Waals surface area contributed by atoms with E-state index in [2.05, 4.69) is 27.7 Å². The first-order chi connectivity index (χ1) is 8.92. The van der Waals surface area contributed by atoms with E-state index in [0.29, 0.717) is 10.8 Å². The molecule has 2 aliphatic rings. The fourth-order valence-electron chi connectivity index (χ4n) is 5.23. The van der Waals surface area contributed by atoms with Crippen LogP contribution in [-0.4, -0.2) is 0 Å². The van der Waals surface area contributed by atoms with Crippen molar-refractivity contribution in [3.63, 3.8) is 0 Å². The van der Waals surface area contributed by atoms with Crippen LogP contribution in [0.15, 0.2) is 0 Å². The van der Waals surface area contributed by atoms with E-state index >= 15 is 0 Å². The van der Waals surface area contributed by atoms with Crippen molar-refractivity contribution in [2.75, 3.05) is 0 Å². The van der Waals surface area contributed by atoms with Crippen molar-refractivity contribution in [2.24, 2.45) is 22.7 Å². The molecule has 0 radical (unpaired) electrons. The minimum atomic E-state index is 0.557. The quantitative estimate of drug-likeness (QED) is 0.537. The molecule has 2 fully saturated rings. The van der Waals surface area contributed by atoms with Gasteiger partial charge in [0.05, 0.1) is 0 Å². The van der Waals surface area contributed by atoms with Crippen LogP contribution in [0.1, 0.15) is 98.3 Å². The third-order valence-corrected chi connectivity index (χ3v) is 6.33. The summed E-state index contributed by atoms with van der Waals surface area (Å²) in [6.07, 6.45) is 16.3. The Kier molecular flexibility index (Phi) is 5.01. The molecule has 0 heteroatoms. The largest absolute Gasteiger partial charge is 0.0596 e. The highest BCUT2D eigenvalue weighted by atomic mass is 14.4. The molecule has 112 valence electrons. The lowest BCUT2D eigenvalue weighted by Gasteiger charge is -2.46. The Morgan fingerprint density at radius 1 is 0.579 bits per heavy atom. The van der Waals surface area contributed by atoms with Crippen LogP contribution < -0.4 is 0 Å². The van der Waals surface area contributed by atoms with Crippen LogP contribution in [0.5, 0.6) is 0 Å². The Balaban J connectivity index is 1.96. The van der Waals surface area contributed by atoms with Crippen LogP contribution in [0.2, 0.25) is 0 Å². The van der Waals surface area contributed by atoms with Crippen molar-refractivity contribution < 1.29 is 0 Å². The van der Waals surface area contributed by atoms with Gasteiger partial charge < -0.3 is 0 Å². The third kappa shape index (κ3) is 3.99. The molecule has 0 amide bonds. The molecule has 0 heterocycles. The fraction of sp³-hybridized carbons (Fsp3) is 1.00. The molecule has 0 spiro atoms. The van der Waals surface area contributed by atoms with Crippen molar-refractivity contribution in [1.82, 2.24) is 0 Å². The van der Waals surface area contributed by atoms with E-state index in [1.54, 1.807) is 0 Å². The normalized spacial score (nSPS) is 24.6. The van der Waals surface area contributed by atoms with Crippen LogP contribution in [0.25, 0.3) is 0 Å². The average Bonchev–Trinajstić information content (AvgIpc) is 2.40. The molecule has 0 aliphatic heterocycles. The minimum absolute atomic E-state index is 0.557. The first-order valence-corrected chi connectivity index (χ1v) is 8.92. The van der Waals surface area contributed by atoms with Gasteiger partial charge in [-0.1, -0.05) is 66.2 Å². The van der Waals surface area contributed by atoms with Crippen molar-refractivity contribution >= 4 is 0 Å². The van der Waals surface area contributed by atoms with Crippen LogP contribution >= 0.6 is 0 Å². The van der Waals surface area contributed by atoms with Gasteiger partial charge >= 0.3 is 0 Å². The van der Waals surface area contributed by atoms with E-state index in [-0.39, 0.29) is 0 Å². The summed E-state index contributed by atoms with van der Waals surface area (Å²) in [7, 11) is 0. The van der Waals surface area contributed by atoms with Crippen LogP contribution in [0, 0.1) is 22.7 Å². The third-order valence-electron chi connectivity index (χ3n) is 6.33. The summed E-state index contributed by atoms with van der Waals surface area (Å²) < 4.78 is 0. The predicted molar refractivity (Wildman–Crippen MR) is 85.3 cm³/mol. The van der Waals surface area contributed by atoms with Gasteiger partial charge in [-0.3, -0.25) is 0 Å². The topological polar surface area (TPSA) is 0 Å². The van der Waals surface area contributed by atoms with E-state index in [1.165, 1.54) is 70.6 Å². The zero-order valence-corrected chi connectivity index (χ0v) is 13.9. The standard InChI is InChI=1S/C19H36/c1-18(2,16-11-7-5-8-12-16)15-19(3,4)17-13-9-6-10-14-17/h16-17H,5-15H2,1-4H3. The van der Waals surface area contributed by atoms with Gasteiger partial charge in [0, 0.05) is 0 Å². The Labute approximate surface area is 121 Å². The zero-order valence-electron chi connectivity index (χ0n) is 13.9. The highest BCUT2D eigenvalue weighted by Gasteiger charge is 2.39. The Morgan fingerprint density at radius 2 is 0.895 bits per heavy atom. The smallest absolute Gasteiger partial charge is 0.0321 e. The van der Waals surface area contributed by atoms with Gasteiger partial charge in [-0.05, 0) is 54.8 Å². The SMILES string of the molecule is CC(C)(CC(C)(C)C1CCCCC1)C1CCCCC1. The molecular weight excluding hydrogens is 228 g/mol. The van der Waals surface area contributed by atoms with E-state index < -0.39 is 0 Å². The number of hydrogen-bond donors (Lipinski definition) is 0. The lowest BCUT2D eigenvalue weighted by Crippen LogP contribution is -2.36. The maximum absolute atomic E-state index is 2.56. The summed E-state index contributed by atoms with van der Waals surface area (Å²) in [5.74, 6) is 1.98. The molecule has 0 saturated heterocycles. The first-order valence-electron chi connectivity index (χ1n) is 8.92. The van der Waals surface area contributed by atoms with Crippen molar-refractivity contribution in [2.45, 2.75) is 98.3 Å². The van der Waals surface area contributed by atoms with Gasteiger partial charge in [0.2, 0.25) is 0 Å². The van der Waals surface area contributed by atoms with Gasteiger partial charge in [0.15, 0.2) is 0 Å². The maximum Gasteiger partial charge on any atom is -0.0321 e. The Morgan fingerprint density at radius 3 is 1.21 bits per heavy atom. The van der Waals surface area contributed by atoms with Gasteiger partial charge in [-0.15, -0.1) is 0 Å². The summed E-state index contributed by atoms with van der Waals surface area (Å²) in [4.78, 5) is 0. The number of rotatable bonds is 4. The van der Waals surface area contributed by atoms with Gasteiger partial charge in [-0.25, -0.2) is 0 Å². The lowest BCUT2D eigenvalue weighted by molar-refractivity contribution is 0.0449. The molecule has 0 aromatic carbocycles. The second kappa shape index (κ2) is 6.19. The summed E-state index contributed by atoms with van der Waals surface area (Å²) >= 11 is 0. The molecular formula is C19H36. The minimum Gasteiger partial charge on any atom is -0.0596 e. The first kappa shape index (κ1) is 15.4. The van der Waals surface area contributed by atoms with E-state index in [1.807, 2.05) is 0 Å². The molecule has 0 aromatic heterocycles. The molecule has 2 saturated carbocycles. The molecule has 2 aliphatic carbocycles. The second-order valence-corrected chi connectivity index (χ2v) is 8.82. The molecule has 0 aromatic rings. The average molecular weight is 264 g/mol. The fourth-order valence-corrected chi connectivity index (χ4v) is 5.23. The van der Waals surface area contributed by atoms with E-state index in [9.17, 15) is 0 Å². The molecule has 0 nitrogen and oxygen atoms in total. The van der Waals surface area contributed by atoms with Crippen molar-refractivity contribution in [3.8, 4) is 0 Å². The second-order valence-electron chi connectivity index (χ2n) is 8.82. The molecule has 2 rings (SSSR count). The Hall–Kier alpha value is 0. The zero-order chi connectivity index (χ0) is 13.9. The number of hydrogen-bond acceptors (Lipinski definition) is 0. The lowest BCUT2D eigenvalue weighted by atomic mass is 9.59.